The van der Waals surface area contributed by atoms with Gasteiger partial charge >= 0.3 is 0 Å². The fourth-order valence-electron chi connectivity index (χ4n) is 3.41. The predicted molar refractivity (Wildman–Crippen MR) is 121 cm³/mol. The Hall–Kier alpha value is -2.58. The number of hydrogen-bond acceptors (Lipinski definition) is 5. The Balaban J connectivity index is 1.74. The van der Waals surface area contributed by atoms with Crippen molar-refractivity contribution in [3.63, 3.8) is 0 Å². The first-order valence-electron chi connectivity index (χ1n) is 9.08. The van der Waals surface area contributed by atoms with Crippen LogP contribution in [0.25, 0.3) is 20.4 Å². The molecule has 8 heteroatoms. The molecule has 0 aliphatic carbocycles. The van der Waals surface area contributed by atoms with Crippen molar-refractivity contribution in [2.45, 2.75) is 34.2 Å². The van der Waals surface area contributed by atoms with Crippen LogP contribution in [-0.2, 0) is 11.3 Å². The average molecular weight is 471 g/mol. The Morgan fingerprint density at radius 3 is 2.66 bits per heavy atom. The summed E-state index contributed by atoms with van der Waals surface area (Å²) in [5.41, 5.74) is 4.14. The van der Waals surface area contributed by atoms with E-state index in [4.69, 9.17) is 0 Å². The van der Waals surface area contributed by atoms with Gasteiger partial charge in [0.2, 0.25) is 5.91 Å². The van der Waals surface area contributed by atoms with Crippen molar-refractivity contribution in [2.75, 3.05) is 5.32 Å². The van der Waals surface area contributed by atoms with Gasteiger partial charge < -0.3 is 5.32 Å². The fourth-order valence-corrected chi connectivity index (χ4v) is 5.18. The van der Waals surface area contributed by atoms with Crippen molar-refractivity contribution in [2.24, 2.45) is 0 Å². The van der Waals surface area contributed by atoms with Crippen molar-refractivity contribution >= 4 is 59.3 Å². The molecule has 6 nitrogen and oxygen atoms in total. The van der Waals surface area contributed by atoms with Gasteiger partial charge in [0.1, 0.15) is 21.9 Å². The average Bonchev–Trinajstić information content (AvgIpc) is 2.99. The Morgan fingerprint density at radius 2 is 1.93 bits per heavy atom. The number of hydrogen-bond donors (Lipinski definition) is 1. The maximum atomic E-state index is 13.1. The quantitative estimate of drug-likeness (QED) is 0.472. The third-order valence-electron chi connectivity index (χ3n) is 4.77. The molecule has 1 N–H and O–H groups in total. The van der Waals surface area contributed by atoms with Crippen molar-refractivity contribution < 1.29 is 4.79 Å². The van der Waals surface area contributed by atoms with Crippen LogP contribution in [0.3, 0.4) is 0 Å². The second-order valence-electron chi connectivity index (χ2n) is 7.12. The number of amides is 1. The van der Waals surface area contributed by atoms with Gasteiger partial charge in [0.15, 0.2) is 0 Å². The molecule has 0 bridgehead atoms. The first-order valence-corrected chi connectivity index (χ1v) is 10.7. The molecule has 4 rings (SSSR count). The SMILES string of the molecule is Cc1ccc(NC(=O)Cn2c(C)nc3c(sc4nc(C)cc(C)c43)c2=O)c(Br)c1. The van der Waals surface area contributed by atoms with Crippen molar-refractivity contribution in [1.82, 2.24) is 14.5 Å². The fraction of sp³-hybridized carbons (Fsp3) is 0.238. The Labute approximate surface area is 179 Å². The van der Waals surface area contributed by atoms with Crippen LogP contribution in [0.4, 0.5) is 5.69 Å². The topological polar surface area (TPSA) is 76.9 Å². The lowest BCUT2D eigenvalue weighted by atomic mass is 10.1. The monoisotopic (exact) mass is 470 g/mol. The van der Waals surface area contributed by atoms with E-state index in [1.165, 1.54) is 15.9 Å². The lowest BCUT2D eigenvalue weighted by Gasteiger charge is -2.11. The summed E-state index contributed by atoms with van der Waals surface area (Å²) in [4.78, 5) is 35.7. The molecular formula is C21H19BrN4O2S. The minimum absolute atomic E-state index is 0.104. The van der Waals surface area contributed by atoms with E-state index in [1.807, 2.05) is 45.0 Å². The summed E-state index contributed by atoms with van der Waals surface area (Å²) < 4.78 is 2.73. The van der Waals surface area contributed by atoms with Crippen LogP contribution in [-0.4, -0.2) is 20.4 Å². The van der Waals surface area contributed by atoms with E-state index in [9.17, 15) is 9.59 Å². The molecule has 3 aromatic heterocycles. The van der Waals surface area contributed by atoms with Crippen LogP contribution in [0, 0.1) is 27.7 Å². The molecule has 0 aliphatic rings. The third kappa shape index (κ3) is 3.58. The number of aromatic nitrogens is 3. The van der Waals surface area contributed by atoms with Crippen LogP contribution in [0.2, 0.25) is 0 Å². The van der Waals surface area contributed by atoms with Crippen LogP contribution in [0.5, 0.6) is 0 Å². The second kappa shape index (κ2) is 7.35. The lowest BCUT2D eigenvalue weighted by molar-refractivity contribution is -0.116. The molecule has 1 aromatic carbocycles. The summed E-state index contributed by atoms with van der Waals surface area (Å²) in [6.07, 6.45) is 0. The predicted octanol–water partition coefficient (Wildman–Crippen LogP) is 4.64. The van der Waals surface area contributed by atoms with E-state index in [0.29, 0.717) is 21.7 Å². The standard InChI is InChI=1S/C21H19BrN4O2S/c1-10-5-6-15(14(22)7-10)25-16(27)9-26-13(4)24-18-17-11(2)8-12(3)23-20(17)29-19(18)21(26)28/h5-8H,9H2,1-4H3,(H,25,27). The first kappa shape index (κ1) is 19.7. The van der Waals surface area contributed by atoms with E-state index in [0.717, 1.165) is 31.5 Å². The Morgan fingerprint density at radius 1 is 1.17 bits per heavy atom. The van der Waals surface area contributed by atoms with Gasteiger partial charge in [-0.2, -0.15) is 0 Å². The number of carbonyl (C=O) groups is 1. The molecule has 0 aliphatic heterocycles. The summed E-state index contributed by atoms with van der Waals surface area (Å²) >= 11 is 4.78. The van der Waals surface area contributed by atoms with Gasteiger partial charge in [-0.25, -0.2) is 9.97 Å². The number of fused-ring (bicyclic) bond motifs is 3. The van der Waals surface area contributed by atoms with E-state index in [2.05, 4.69) is 31.2 Å². The second-order valence-corrected chi connectivity index (χ2v) is 8.98. The smallest absolute Gasteiger partial charge is 0.272 e. The summed E-state index contributed by atoms with van der Waals surface area (Å²) in [7, 11) is 0. The van der Waals surface area contributed by atoms with E-state index < -0.39 is 0 Å². The van der Waals surface area contributed by atoms with Gasteiger partial charge in [-0.3, -0.25) is 14.2 Å². The normalized spacial score (nSPS) is 11.3. The van der Waals surface area contributed by atoms with Crippen molar-refractivity contribution in [3.8, 4) is 0 Å². The zero-order valence-electron chi connectivity index (χ0n) is 16.5. The van der Waals surface area contributed by atoms with Gasteiger partial charge in [0.25, 0.3) is 5.56 Å². The van der Waals surface area contributed by atoms with Gasteiger partial charge in [-0.1, -0.05) is 6.07 Å². The summed E-state index contributed by atoms with van der Waals surface area (Å²) in [5.74, 6) is 0.215. The number of pyridine rings is 1. The lowest BCUT2D eigenvalue weighted by Crippen LogP contribution is -2.29. The molecule has 0 unspecified atom stereocenters. The van der Waals surface area contributed by atoms with Gasteiger partial charge in [-0.15, -0.1) is 11.3 Å². The minimum Gasteiger partial charge on any atom is -0.324 e. The molecular weight excluding hydrogens is 452 g/mol. The molecule has 1 amide bonds. The molecule has 148 valence electrons. The number of thiophene rings is 1. The molecule has 29 heavy (non-hydrogen) atoms. The zero-order chi connectivity index (χ0) is 20.9. The van der Waals surface area contributed by atoms with Gasteiger partial charge in [0, 0.05) is 15.6 Å². The maximum absolute atomic E-state index is 13.1. The molecule has 0 fully saturated rings. The van der Waals surface area contributed by atoms with Crippen LogP contribution in [0.1, 0.15) is 22.6 Å². The highest BCUT2D eigenvalue weighted by atomic mass is 79.9. The maximum Gasteiger partial charge on any atom is 0.272 e. The number of aryl methyl sites for hydroxylation is 4. The van der Waals surface area contributed by atoms with Crippen molar-refractivity contribution in [1.29, 1.82) is 0 Å². The Kier molecular flexibility index (Phi) is 5.00. The highest BCUT2D eigenvalue weighted by Gasteiger charge is 2.18. The van der Waals surface area contributed by atoms with Crippen LogP contribution >= 0.6 is 27.3 Å². The van der Waals surface area contributed by atoms with Crippen LogP contribution < -0.4 is 10.9 Å². The van der Waals surface area contributed by atoms with E-state index in [-0.39, 0.29) is 18.0 Å². The highest BCUT2D eigenvalue weighted by Crippen LogP contribution is 2.32. The summed E-state index contributed by atoms with van der Waals surface area (Å²) in [6, 6.07) is 7.66. The molecule has 0 saturated carbocycles. The van der Waals surface area contributed by atoms with Gasteiger partial charge in [-0.05, 0) is 73.0 Å². The molecule has 3 heterocycles. The first-order chi connectivity index (χ1) is 13.7. The van der Waals surface area contributed by atoms with Crippen LogP contribution in [0.15, 0.2) is 33.5 Å². The zero-order valence-corrected chi connectivity index (χ0v) is 18.9. The molecule has 0 saturated heterocycles. The Bertz CT molecular complexity index is 1360. The number of nitrogens with zero attached hydrogens (tertiary/aromatic N) is 3. The largest absolute Gasteiger partial charge is 0.324 e. The highest BCUT2D eigenvalue weighted by molar-refractivity contribution is 9.10. The number of nitrogens with one attached hydrogen (secondary N) is 1. The summed E-state index contributed by atoms with van der Waals surface area (Å²) in [5, 5.41) is 3.76. The number of benzene rings is 1. The molecule has 0 atom stereocenters. The molecule has 0 spiro atoms. The minimum atomic E-state index is -0.285. The summed E-state index contributed by atoms with van der Waals surface area (Å²) in [6.45, 7) is 7.55. The number of halogens is 1. The molecule has 0 radical (unpaired) electrons. The van der Waals surface area contributed by atoms with Gasteiger partial charge in [0.05, 0.1) is 11.2 Å². The van der Waals surface area contributed by atoms with Crippen molar-refractivity contribution in [3.05, 3.63) is 61.7 Å². The number of rotatable bonds is 3. The third-order valence-corrected chi connectivity index (χ3v) is 6.48. The molecule has 4 aromatic rings. The van der Waals surface area contributed by atoms with E-state index in [1.54, 1.807) is 6.92 Å². The number of anilines is 1. The number of carbonyl (C=O) groups excluding carboxylic acids is 1. The van der Waals surface area contributed by atoms with E-state index >= 15 is 0 Å².